The van der Waals surface area contributed by atoms with Crippen molar-refractivity contribution in [2.24, 2.45) is 5.41 Å². The summed E-state index contributed by atoms with van der Waals surface area (Å²) in [6.07, 6.45) is -3.55. The molecule has 0 aliphatic heterocycles. The summed E-state index contributed by atoms with van der Waals surface area (Å²) in [6.45, 7) is 5.40. The number of halogens is 3. The van der Waals surface area contributed by atoms with E-state index < -0.39 is 17.7 Å². The van der Waals surface area contributed by atoms with Crippen LogP contribution in [0.3, 0.4) is 0 Å². The molecule has 0 amide bonds. The van der Waals surface area contributed by atoms with Crippen molar-refractivity contribution < 1.29 is 22.7 Å². The van der Waals surface area contributed by atoms with Gasteiger partial charge in [-0.3, -0.25) is 4.79 Å². The Balaban J connectivity index is 4.06. The van der Waals surface area contributed by atoms with Crippen LogP contribution in [0.1, 0.15) is 40.0 Å². The molecule has 0 spiro atoms. The average Bonchev–Trinajstić information content (AvgIpc) is 1.78. The Morgan fingerprint density at radius 2 is 1.79 bits per heavy atom. The van der Waals surface area contributed by atoms with E-state index in [2.05, 4.69) is 4.74 Å². The van der Waals surface area contributed by atoms with E-state index in [9.17, 15) is 18.0 Å². The van der Waals surface area contributed by atoms with Crippen molar-refractivity contribution in [2.45, 2.75) is 46.4 Å². The first-order valence-corrected chi connectivity index (χ1v) is 4.45. The molecule has 0 aliphatic carbocycles. The number of esters is 1. The summed E-state index contributed by atoms with van der Waals surface area (Å²) in [5, 5.41) is 0. The number of alkyl halides is 3. The predicted octanol–water partition coefficient (Wildman–Crippen LogP) is 3.27. The lowest BCUT2D eigenvalue weighted by Gasteiger charge is -2.22. The van der Waals surface area contributed by atoms with Crippen molar-refractivity contribution in [3.8, 4) is 0 Å². The van der Waals surface area contributed by atoms with Crippen molar-refractivity contribution in [3.05, 3.63) is 0 Å². The summed E-state index contributed by atoms with van der Waals surface area (Å²) in [6, 6.07) is 0. The lowest BCUT2D eigenvalue weighted by Crippen LogP contribution is -2.24. The van der Waals surface area contributed by atoms with Crippen LogP contribution in [0, 0.1) is 5.41 Å². The van der Waals surface area contributed by atoms with E-state index >= 15 is 0 Å². The van der Waals surface area contributed by atoms with Crippen LogP contribution in [0.2, 0.25) is 0 Å². The predicted molar refractivity (Wildman–Crippen MR) is 45.5 cm³/mol. The van der Waals surface area contributed by atoms with Crippen LogP contribution in [0.4, 0.5) is 13.2 Å². The molecule has 0 saturated carbocycles. The summed E-state index contributed by atoms with van der Waals surface area (Å²) in [4.78, 5) is 10.8. The van der Waals surface area contributed by atoms with E-state index in [0.717, 1.165) is 6.42 Å². The van der Waals surface area contributed by atoms with Gasteiger partial charge >= 0.3 is 12.3 Å². The number of carbonyl (C=O) groups is 1. The Morgan fingerprint density at radius 3 is 2.14 bits per heavy atom. The Morgan fingerprint density at radius 1 is 1.29 bits per heavy atom. The second-order valence-electron chi connectivity index (χ2n) is 4.01. The summed E-state index contributed by atoms with van der Waals surface area (Å²) in [5.41, 5.74) is -0.433. The van der Waals surface area contributed by atoms with E-state index in [1.165, 1.54) is 0 Å². The second-order valence-corrected chi connectivity index (χ2v) is 4.01. The smallest absolute Gasteiger partial charge is 0.373 e. The molecule has 0 bridgehead atoms. The topological polar surface area (TPSA) is 26.3 Å². The minimum absolute atomic E-state index is 0.208. The molecule has 0 aromatic rings. The van der Waals surface area contributed by atoms with Gasteiger partial charge in [-0.05, 0) is 11.8 Å². The van der Waals surface area contributed by atoms with E-state index in [1.54, 1.807) is 13.8 Å². The van der Waals surface area contributed by atoms with Gasteiger partial charge in [-0.15, -0.1) is 13.2 Å². The van der Waals surface area contributed by atoms with Gasteiger partial charge in [0.2, 0.25) is 0 Å². The first kappa shape index (κ1) is 13.3. The zero-order valence-electron chi connectivity index (χ0n) is 8.57. The highest BCUT2D eigenvalue weighted by Gasteiger charge is 2.35. The Bertz CT molecular complexity index is 197. The fourth-order valence-corrected chi connectivity index (χ4v) is 1.32. The number of ether oxygens (including phenoxy) is 1. The third kappa shape index (κ3) is 6.74. The van der Waals surface area contributed by atoms with Crippen molar-refractivity contribution in [3.63, 3.8) is 0 Å². The Kier molecular flexibility index (Phi) is 4.42. The summed E-state index contributed by atoms with van der Waals surface area (Å²) in [5.74, 6) is -1.21. The van der Waals surface area contributed by atoms with Crippen LogP contribution in [0.15, 0.2) is 0 Å². The van der Waals surface area contributed by atoms with E-state index in [0.29, 0.717) is 6.42 Å². The van der Waals surface area contributed by atoms with Crippen LogP contribution >= 0.6 is 0 Å². The summed E-state index contributed by atoms with van der Waals surface area (Å²) in [7, 11) is 0. The van der Waals surface area contributed by atoms with Crippen LogP contribution in [-0.2, 0) is 9.53 Å². The molecule has 0 saturated heterocycles. The molecule has 14 heavy (non-hydrogen) atoms. The quantitative estimate of drug-likeness (QED) is 0.668. The van der Waals surface area contributed by atoms with Crippen molar-refractivity contribution >= 4 is 5.97 Å². The number of hydrogen-bond donors (Lipinski definition) is 0. The SMILES string of the molecule is CCCC(C)(C)CC(=O)OC(F)(F)F. The number of rotatable bonds is 4. The fraction of sp³-hybridized carbons (Fsp3) is 0.889. The molecule has 0 aliphatic rings. The summed E-state index contributed by atoms with van der Waals surface area (Å²) < 4.78 is 38.2. The fourth-order valence-electron chi connectivity index (χ4n) is 1.32. The Hall–Kier alpha value is -0.740. The molecule has 0 aromatic heterocycles. The molecular formula is C9H15F3O2. The molecule has 0 atom stereocenters. The van der Waals surface area contributed by atoms with Crippen molar-refractivity contribution in [2.75, 3.05) is 0 Å². The molecule has 5 heteroatoms. The molecule has 0 rings (SSSR count). The third-order valence-corrected chi connectivity index (χ3v) is 1.78. The molecule has 2 nitrogen and oxygen atoms in total. The monoisotopic (exact) mass is 212 g/mol. The summed E-state index contributed by atoms with van der Waals surface area (Å²) >= 11 is 0. The molecule has 84 valence electrons. The van der Waals surface area contributed by atoms with Gasteiger partial charge < -0.3 is 4.74 Å². The zero-order valence-corrected chi connectivity index (χ0v) is 8.57. The second kappa shape index (κ2) is 4.66. The largest absolute Gasteiger partial charge is 0.575 e. The van der Waals surface area contributed by atoms with Crippen molar-refractivity contribution in [1.29, 1.82) is 0 Å². The standard InChI is InChI=1S/C9H15F3O2/c1-4-5-8(2,3)6-7(13)14-9(10,11)12/h4-6H2,1-3H3. The molecule has 0 N–H and O–H groups in total. The highest BCUT2D eigenvalue weighted by Crippen LogP contribution is 2.28. The maximum absolute atomic E-state index is 11.6. The zero-order chi connectivity index (χ0) is 11.4. The lowest BCUT2D eigenvalue weighted by atomic mass is 9.85. The van der Waals surface area contributed by atoms with Gasteiger partial charge in [0, 0.05) is 0 Å². The number of hydrogen-bond acceptors (Lipinski definition) is 2. The first-order chi connectivity index (χ1) is 6.16. The molecule has 0 heterocycles. The van der Waals surface area contributed by atoms with E-state index in [1.807, 2.05) is 6.92 Å². The lowest BCUT2D eigenvalue weighted by molar-refractivity contribution is -0.306. The third-order valence-electron chi connectivity index (χ3n) is 1.78. The van der Waals surface area contributed by atoms with Crippen LogP contribution in [0.25, 0.3) is 0 Å². The molecule has 0 fully saturated rings. The van der Waals surface area contributed by atoms with Gasteiger partial charge in [-0.1, -0.05) is 27.2 Å². The van der Waals surface area contributed by atoms with Crippen LogP contribution in [-0.4, -0.2) is 12.3 Å². The highest BCUT2D eigenvalue weighted by molar-refractivity contribution is 5.70. The van der Waals surface area contributed by atoms with Crippen LogP contribution in [0.5, 0.6) is 0 Å². The van der Waals surface area contributed by atoms with Gasteiger partial charge in [0.25, 0.3) is 0 Å². The Labute approximate surface area is 81.4 Å². The highest BCUT2D eigenvalue weighted by atomic mass is 19.4. The van der Waals surface area contributed by atoms with E-state index in [4.69, 9.17) is 0 Å². The minimum atomic E-state index is -4.86. The number of carbonyl (C=O) groups excluding carboxylic acids is 1. The molecule has 0 radical (unpaired) electrons. The van der Waals surface area contributed by atoms with Crippen LogP contribution < -0.4 is 0 Å². The van der Waals surface area contributed by atoms with Gasteiger partial charge in [-0.25, -0.2) is 0 Å². The molecule has 0 unspecified atom stereocenters. The first-order valence-electron chi connectivity index (χ1n) is 4.45. The van der Waals surface area contributed by atoms with Gasteiger partial charge in [0.15, 0.2) is 0 Å². The molecular weight excluding hydrogens is 197 g/mol. The van der Waals surface area contributed by atoms with Gasteiger partial charge in [0.05, 0.1) is 6.42 Å². The van der Waals surface area contributed by atoms with Gasteiger partial charge in [0.1, 0.15) is 0 Å². The maximum Gasteiger partial charge on any atom is 0.575 e. The normalized spacial score (nSPS) is 12.7. The average molecular weight is 212 g/mol. The minimum Gasteiger partial charge on any atom is -0.373 e. The maximum atomic E-state index is 11.6. The molecule has 0 aromatic carbocycles. The van der Waals surface area contributed by atoms with Crippen molar-refractivity contribution in [1.82, 2.24) is 0 Å². The van der Waals surface area contributed by atoms with Gasteiger partial charge in [-0.2, -0.15) is 0 Å². The van der Waals surface area contributed by atoms with E-state index in [-0.39, 0.29) is 6.42 Å².